The van der Waals surface area contributed by atoms with Crippen LogP contribution in [-0.2, 0) is 10.3 Å². The van der Waals surface area contributed by atoms with Gasteiger partial charge in [0.2, 0.25) is 0 Å². The van der Waals surface area contributed by atoms with Gasteiger partial charge in [-0.25, -0.2) is 4.98 Å². The molecule has 1 aromatic rings. The van der Waals surface area contributed by atoms with Gasteiger partial charge in [-0.3, -0.25) is 0 Å². The maximum absolute atomic E-state index is 5.77. The summed E-state index contributed by atoms with van der Waals surface area (Å²) >= 11 is 3.30. The van der Waals surface area contributed by atoms with Crippen molar-refractivity contribution in [3.8, 4) is 0 Å². The molecule has 4 heteroatoms. The fraction of sp³-hybridized carbons (Fsp3) is 0.667. The van der Waals surface area contributed by atoms with Crippen molar-refractivity contribution < 1.29 is 4.74 Å². The summed E-state index contributed by atoms with van der Waals surface area (Å²) < 4.78 is 6.55. The fourth-order valence-electron chi connectivity index (χ4n) is 1.71. The lowest BCUT2D eigenvalue weighted by Crippen LogP contribution is -2.30. The Kier molecular flexibility index (Phi) is 2.43. The number of halogens is 1. The summed E-state index contributed by atoms with van der Waals surface area (Å²) in [5.41, 5.74) is 0.913. The third-order valence-corrected chi connectivity index (χ3v) is 2.99. The number of aromatic nitrogens is 2. The summed E-state index contributed by atoms with van der Waals surface area (Å²) in [7, 11) is 0. The second-order valence-corrected chi connectivity index (χ2v) is 4.38. The minimum Gasteiger partial charge on any atom is -0.369 e. The van der Waals surface area contributed by atoms with Gasteiger partial charge in [0.25, 0.3) is 0 Å². The highest BCUT2D eigenvalue weighted by molar-refractivity contribution is 9.10. The topological polar surface area (TPSA) is 37.9 Å². The van der Waals surface area contributed by atoms with Crippen LogP contribution in [0.3, 0.4) is 0 Å². The molecule has 1 aromatic heterocycles. The molecular weight excluding hydrogens is 232 g/mol. The molecule has 0 aliphatic carbocycles. The van der Waals surface area contributed by atoms with Crippen LogP contribution in [0.5, 0.6) is 0 Å². The van der Waals surface area contributed by atoms with E-state index >= 15 is 0 Å². The van der Waals surface area contributed by atoms with Crippen LogP contribution in [0.15, 0.2) is 10.9 Å². The SMILES string of the molecule is CC1(c2cnc(Br)[nH]2)CCCCO1. The molecule has 2 rings (SSSR count). The van der Waals surface area contributed by atoms with Crippen molar-refractivity contribution in [3.63, 3.8) is 0 Å². The van der Waals surface area contributed by atoms with E-state index in [4.69, 9.17) is 4.74 Å². The van der Waals surface area contributed by atoms with Crippen LogP contribution in [0.4, 0.5) is 0 Å². The average molecular weight is 245 g/mol. The zero-order valence-electron chi connectivity index (χ0n) is 7.64. The van der Waals surface area contributed by atoms with E-state index in [2.05, 4.69) is 32.8 Å². The van der Waals surface area contributed by atoms with E-state index in [9.17, 15) is 0 Å². The van der Waals surface area contributed by atoms with Crippen molar-refractivity contribution in [2.75, 3.05) is 6.61 Å². The summed E-state index contributed by atoms with van der Waals surface area (Å²) in [5.74, 6) is 0. The van der Waals surface area contributed by atoms with Crippen molar-refractivity contribution in [1.29, 1.82) is 0 Å². The molecule has 13 heavy (non-hydrogen) atoms. The molecule has 0 aromatic carbocycles. The molecular formula is C9H13BrN2O. The lowest BCUT2D eigenvalue weighted by Gasteiger charge is -2.32. The molecule has 1 aliphatic heterocycles. The Balaban J connectivity index is 2.22. The molecule has 1 N–H and O–H groups in total. The van der Waals surface area contributed by atoms with Crippen molar-refractivity contribution in [1.82, 2.24) is 9.97 Å². The van der Waals surface area contributed by atoms with Gasteiger partial charge in [0.05, 0.1) is 11.9 Å². The molecule has 0 amide bonds. The van der Waals surface area contributed by atoms with Crippen molar-refractivity contribution in [2.24, 2.45) is 0 Å². The van der Waals surface area contributed by atoms with E-state index in [-0.39, 0.29) is 5.60 Å². The van der Waals surface area contributed by atoms with Crippen molar-refractivity contribution in [2.45, 2.75) is 31.8 Å². The molecule has 1 saturated heterocycles. The largest absolute Gasteiger partial charge is 0.369 e. The highest BCUT2D eigenvalue weighted by Crippen LogP contribution is 2.33. The number of hydrogen-bond acceptors (Lipinski definition) is 2. The minimum absolute atomic E-state index is 0.155. The van der Waals surface area contributed by atoms with E-state index < -0.39 is 0 Å². The fourth-order valence-corrected chi connectivity index (χ4v) is 2.03. The molecule has 0 radical (unpaired) electrons. The number of hydrogen-bond donors (Lipinski definition) is 1. The Morgan fingerprint density at radius 2 is 2.46 bits per heavy atom. The Labute approximate surface area is 86.0 Å². The monoisotopic (exact) mass is 244 g/mol. The van der Waals surface area contributed by atoms with E-state index in [1.807, 2.05) is 6.20 Å². The summed E-state index contributed by atoms with van der Waals surface area (Å²) in [4.78, 5) is 7.28. The van der Waals surface area contributed by atoms with Crippen LogP contribution >= 0.6 is 15.9 Å². The van der Waals surface area contributed by atoms with Gasteiger partial charge in [-0.05, 0) is 42.1 Å². The maximum atomic E-state index is 5.77. The highest BCUT2D eigenvalue weighted by Gasteiger charge is 2.31. The number of nitrogens with one attached hydrogen (secondary N) is 1. The number of H-pyrrole nitrogens is 1. The lowest BCUT2D eigenvalue weighted by molar-refractivity contribution is -0.0727. The minimum atomic E-state index is -0.155. The molecule has 0 bridgehead atoms. The van der Waals surface area contributed by atoms with Gasteiger partial charge in [0, 0.05) is 6.61 Å². The van der Waals surface area contributed by atoms with Crippen LogP contribution < -0.4 is 0 Å². The number of nitrogens with zero attached hydrogens (tertiary/aromatic N) is 1. The first-order chi connectivity index (χ1) is 6.21. The standard InChI is InChI=1S/C9H13BrN2O/c1-9(4-2-3-5-13-9)7-6-11-8(10)12-7/h6H,2-5H2,1H3,(H,11,12). The van der Waals surface area contributed by atoms with Gasteiger partial charge in [-0.15, -0.1) is 0 Å². The first-order valence-electron chi connectivity index (χ1n) is 4.56. The number of rotatable bonds is 1. The molecule has 2 heterocycles. The smallest absolute Gasteiger partial charge is 0.174 e. The maximum Gasteiger partial charge on any atom is 0.174 e. The Hall–Kier alpha value is -0.350. The van der Waals surface area contributed by atoms with Gasteiger partial charge < -0.3 is 9.72 Å². The van der Waals surface area contributed by atoms with Gasteiger partial charge in [0.15, 0.2) is 4.73 Å². The van der Waals surface area contributed by atoms with E-state index in [1.165, 1.54) is 12.8 Å². The van der Waals surface area contributed by atoms with E-state index in [1.54, 1.807) is 0 Å². The normalized spacial score (nSPS) is 29.1. The predicted octanol–water partition coefficient (Wildman–Crippen LogP) is 2.59. The molecule has 0 saturated carbocycles. The quantitative estimate of drug-likeness (QED) is 0.825. The number of aromatic amines is 1. The summed E-state index contributed by atoms with van der Waals surface area (Å²) in [6.07, 6.45) is 5.31. The van der Waals surface area contributed by atoms with Crippen LogP contribution in [0.2, 0.25) is 0 Å². The number of ether oxygens (including phenoxy) is 1. The third kappa shape index (κ3) is 1.79. The molecule has 72 valence electrons. The third-order valence-electron chi connectivity index (χ3n) is 2.58. The molecule has 1 aliphatic rings. The highest BCUT2D eigenvalue weighted by atomic mass is 79.9. The summed E-state index contributed by atoms with van der Waals surface area (Å²) in [6.45, 7) is 2.97. The van der Waals surface area contributed by atoms with Crippen LogP contribution in [-0.4, -0.2) is 16.6 Å². The zero-order chi connectivity index (χ0) is 9.31. The Bertz CT molecular complexity index is 292. The number of imidazole rings is 1. The first-order valence-corrected chi connectivity index (χ1v) is 5.35. The van der Waals surface area contributed by atoms with Crippen molar-refractivity contribution in [3.05, 3.63) is 16.6 Å². The summed E-state index contributed by atoms with van der Waals surface area (Å²) in [5, 5.41) is 0. The lowest BCUT2D eigenvalue weighted by atomic mass is 9.93. The predicted molar refractivity (Wildman–Crippen MR) is 53.4 cm³/mol. The van der Waals surface area contributed by atoms with Crippen molar-refractivity contribution >= 4 is 15.9 Å². The van der Waals surface area contributed by atoms with Crippen LogP contribution in [0.1, 0.15) is 31.9 Å². The average Bonchev–Trinajstić information content (AvgIpc) is 2.54. The van der Waals surface area contributed by atoms with Crippen LogP contribution in [0, 0.1) is 0 Å². The van der Waals surface area contributed by atoms with Gasteiger partial charge in [-0.2, -0.15) is 0 Å². The second-order valence-electron chi connectivity index (χ2n) is 3.62. The molecule has 1 unspecified atom stereocenters. The van der Waals surface area contributed by atoms with Gasteiger partial charge >= 0.3 is 0 Å². The molecule has 0 spiro atoms. The van der Waals surface area contributed by atoms with E-state index in [0.717, 1.165) is 23.5 Å². The Morgan fingerprint density at radius 1 is 1.62 bits per heavy atom. The molecule has 1 fully saturated rings. The second kappa shape index (κ2) is 3.42. The van der Waals surface area contributed by atoms with Gasteiger partial charge in [-0.1, -0.05) is 0 Å². The zero-order valence-corrected chi connectivity index (χ0v) is 9.23. The van der Waals surface area contributed by atoms with Gasteiger partial charge in [0.1, 0.15) is 5.60 Å². The Morgan fingerprint density at radius 3 is 3.00 bits per heavy atom. The first kappa shape index (κ1) is 9.21. The molecule has 3 nitrogen and oxygen atoms in total. The van der Waals surface area contributed by atoms with E-state index in [0.29, 0.717) is 0 Å². The molecule has 1 atom stereocenters. The summed E-state index contributed by atoms with van der Waals surface area (Å²) in [6, 6.07) is 0. The van der Waals surface area contributed by atoms with Crippen LogP contribution in [0.25, 0.3) is 0 Å².